The van der Waals surface area contributed by atoms with E-state index in [9.17, 15) is 14.4 Å². The highest BCUT2D eigenvalue weighted by molar-refractivity contribution is 5.71. The smallest absolute Gasteiger partial charge is 0.306 e. The Hall–Kier alpha value is -2.37. The average Bonchev–Trinajstić information content (AvgIpc) is 3.34. The fourth-order valence-corrected chi connectivity index (χ4v) is 8.86. The van der Waals surface area contributed by atoms with E-state index in [1.807, 2.05) is 0 Å². The highest BCUT2D eigenvalue weighted by Gasteiger charge is 2.19. The van der Waals surface area contributed by atoms with Gasteiger partial charge in [0.25, 0.3) is 0 Å². The molecule has 0 saturated heterocycles. The maximum absolute atomic E-state index is 12.8. The summed E-state index contributed by atoms with van der Waals surface area (Å²) in [5, 5.41) is 0. The molecule has 0 N–H and O–H groups in total. The number of carbonyl (C=O) groups excluding carboxylic acids is 3. The van der Waals surface area contributed by atoms with Gasteiger partial charge < -0.3 is 14.2 Å². The SMILES string of the molecule is CCCCCCC/C=C\C/C=C\C/C=C\CCCCCCCCCCCCCCCCC(=O)OCC(COC(=O)CCCCCCCCCCCC)OC(=O)CCCCCCCCCCCCC. The van der Waals surface area contributed by atoms with E-state index in [1.165, 1.54) is 212 Å². The predicted molar refractivity (Wildman–Crippen MR) is 293 cm³/mol. The molecule has 1 unspecified atom stereocenters. The lowest BCUT2D eigenvalue weighted by Gasteiger charge is -2.18. The van der Waals surface area contributed by atoms with Crippen molar-refractivity contribution in [3.8, 4) is 0 Å². The number of allylic oxidation sites excluding steroid dienone is 6. The molecule has 0 spiro atoms. The first-order valence-corrected chi connectivity index (χ1v) is 30.0. The Labute approximate surface area is 423 Å². The molecule has 6 nitrogen and oxygen atoms in total. The molecule has 0 saturated carbocycles. The van der Waals surface area contributed by atoms with Gasteiger partial charge in [0.1, 0.15) is 13.2 Å². The molecular formula is C62H114O6. The van der Waals surface area contributed by atoms with Crippen LogP contribution in [0.15, 0.2) is 36.5 Å². The van der Waals surface area contributed by atoms with Crippen molar-refractivity contribution in [1.82, 2.24) is 0 Å². The normalized spacial score (nSPS) is 12.2. The van der Waals surface area contributed by atoms with Gasteiger partial charge in [0.2, 0.25) is 0 Å². The Morgan fingerprint density at radius 1 is 0.294 bits per heavy atom. The number of ether oxygens (including phenoxy) is 3. The van der Waals surface area contributed by atoms with Crippen LogP contribution in [0, 0.1) is 0 Å². The number of hydrogen-bond acceptors (Lipinski definition) is 6. The van der Waals surface area contributed by atoms with E-state index >= 15 is 0 Å². The summed E-state index contributed by atoms with van der Waals surface area (Å²) in [4.78, 5) is 38.0. The van der Waals surface area contributed by atoms with Gasteiger partial charge in [-0.2, -0.15) is 0 Å². The van der Waals surface area contributed by atoms with Crippen molar-refractivity contribution in [2.24, 2.45) is 0 Å². The molecule has 0 aliphatic rings. The lowest BCUT2D eigenvalue weighted by atomic mass is 10.0. The van der Waals surface area contributed by atoms with Gasteiger partial charge in [-0.15, -0.1) is 0 Å². The molecule has 398 valence electrons. The number of esters is 3. The minimum absolute atomic E-state index is 0.0668. The van der Waals surface area contributed by atoms with Crippen LogP contribution < -0.4 is 0 Å². The van der Waals surface area contributed by atoms with Gasteiger partial charge in [0.05, 0.1) is 0 Å². The van der Waals surface area contributed by atoms with E-state index in [1.54, 1.807) is 0 Å². The zero-order chi connectivity index (χ0) is 49.3. The first kappa shape index (κ1) is 65.6. The molecule has 0 aliphatic carbocycles. The molecule has 0 aromatic rings. The molecule has 6 heteroatoms. The lowest BCUT2D eigenvalue weighted by molar-refractivity contribution is -0.167. The Kier molecular flexibility index (Phi) is 55.2. The van der Waals surface area contributed by atoms with Crippen LogP contribution in [0.4, 0.5) is 0 Å². The monoisotopic (exact) mass is 955 g/mol. The molecular weight excluding hydrogens is 841 g/mol. The number of unbranched alkanes of at least 4 members (excludes halogenated alkanes) is 38. The van der Waals surface area contributed by atoms with Crippen molar-refractivity contribution in [2.45, 2.75) is 329 Å². The standard InChI is InChI=1S/C62H114O6/c1-4-7-10-13-16-19-22-23-24-25-26-27-28-29-30-31-32-33-34-35-36-37-38-39-41-43-46-49-52-55-61(64)67-58-59(57-66-60(63)54-51-48-45-42-21-18-15-12-9-6-3)68-62(65)56-53-50-47-44-40-20-17-14-11-8-5-2/h22-23,25-26,28-29,59H,4-21,24,27,30-58H2,1-3H3/b23-22-,26-25-,29-28-. The van der Waals surface area contributed by atoms with E-state index in [2.05, 4.69) is 57.2 Å². The van der Waals surface area contributed by atoms with Crippen molar-refractivity contribution < 1.29 is 28.6 Å². The van der Waals surface area contributed by atoms with Gasteiger partial charge in [-0.3, -0.25) is 14.4 Å². The van der Waals surface area contributed by atoms with Gasteiger partial charge in [-0.25, -0.2) is 0 Å². The zero-order valence-corrected chi connectivity index (χ0v) is 45.6. The minimum atomic E-state index is -0.765. The molecule has 0 aliphatic heterocycles. The Morgan fingerprint density at radius 2 is 0.529 bits per heavy atom. The lowest BCUT2D eigenvalue weighted by Crippen LogP contribution is -2.30. The summed E-state index contributed by atoms with van der Waals surface area (Å²) in [5.74, 6) is -0.853. The first-order valence-electron chi connectivity index (χ1n) is 30.0. The predicted octanol–water partition coefficient (Wildman–Crippen LogP) is 20.0. The molecule has 0 heterocycles. The fourth-order valence-electron chi connectivity index (χ4n) is 8.86. The van der Waals surface area contributed by atoms with Crippen LogP contribution in [-0.4, -0.2) is 37.2 Å². The van der Waals surface area contributed by atoms with E-state index in [0.717, 1.165) is 70.6 Å². The average molecular weight is 956 g/mol. The molecule has 0 aromatic heterocycles. The van der Waals surface area contributed by atoms with Crippen molar-refractivity contribution in [1.29, 1.82) is 0 Å². The van der Waals surface area contributed by atoms with Crippen molar-refractivity contribution >= 4 is 17.9 Å². The van der Waals surface area contributed by atoms with Crippen LogP contribution >= 0.6 is 0 Å². The van der Waals surface area contributed by atoms with Gasteiger partial charge in [-0.05, 0) is 57.8 Å². The summed E-state index contributed by atoms with van der Waals surface area (Å²) < 4.78 is 16.8. The van der Waals surface area contributed by atoms with Gasteiger partial charge in [-0.1, -0.05) is 282 Å². The Balaban J connectivity index is 4.07. The molecule has 0 fully saturated rings. The van der Waals surface area contributed by atoms with Gasteiger partial charge in [0.15, 0.2) is 6.10 Å². The summed E-state index contributed by atoms with van der Waals surface area (Å²) in [5.41, 5.74) is 0. The number of rotatable bonds is 55. The largest absolute Gasteiger partial charge is 0.462 e. The highest BCUT2D eigenvalue weighted by atomic mass is 16.6. The summed E-state index contributed by atoms with van der Waals surface area (Å²) >= 11 is 0. The van der Waals surface area contributed by atoms with E-state index in [4.69, 9.17) is 14.2 Å². The third-order valence-electron chi connectivity index (χ3n) is 13.4. The second-order valence-corrected chi connectivity index (χ2v) is 20.3. The molecule has 0 amide bonds. The van der Waals surface area contributed by atoms with E-state index < -0.39 is 6.10 Å². The molecule has 0 rings (SSSR count). The van der Waals surface area contributed by atoms with Crippen LogP contribution in [0.3, 0.4) is 0 Å². The molecule has 1 atom stereocenters. The second-order valence-electron chi connectivity index (χ2n) is 20.3. The summed E-state index contributed by atoms with van der Waals surface area (Å²) in [7, 11) is 0. The third kappa shape index (κ3) is 54.6. The van der Waals surface area contributed by atoms with Crippen LogP contribution in [-0.2, 0) is 28.6 Å². The summed E-state index contributed by atoms with van der Waals surface area (Å²) in [6.07, 6.45) is 68.7. The van der Waals surface area contributed by atoms with Crippen molar-refractivity contribution in [2.75, 3.05) is 13.2 Å². The Morgan fingerprint density at radius 3 is 0.824 bits per heavy atom. The Bertz CT molecular complexity index is 1140. The highest BCUT2D eigenvalue weighted by Crippen LogP contribution is 2.17. The van der Waals surface area contributed by atoms with Crippen LogP contribution in [0.25, 0.3) is 0 Å². The van der Waals surface area contributed by atoms with E-state index in [-0.39, 0.29) is 31.1 Å². The maximum atomic E-state index is 12.8. The second kappa shape index (κ2) is 57.2. The fraction of sp³-hybridized carbons (Fsp3) is 0.855. The molecule has 68 heavy (non-hydrogen) atoms. The van der Waals surface area contributed by atoms with Crippen LogP contribution in [0.1, 0.15) is 323 Å². The molecule has 0 bridgehead atoms. The molecule has 0 radical (unpaired) electrons. The summed E-state index contributed by atoms with van der Waals surface area (Å²) in [6.45, 7) is 6.64. The number of carbonyl (C=O) groups is 3. The van der Waals surface area contributed by atoms with Crippen molar-refractivity contribution in [3.63, 3.8) is 0 Å². The topological polar surface area (TPSA) is 78.9 Å². The third-order valence-corrected chi connectivity index (χ3v) is 13.4. The first-order chi connectivity index (χ1) is 33.5. The number of hydrogen-bond donors (Lipinski definition) is 0. The van der Waals surface area contributed by atoms with E-state index in [0.29, 0.717) is 19.3 Å². The van der Waals surface area contributed by atoms with Gasteiger partial charge >= 0.3 is 17.9 Å². The minimum Gasteiger partial charge on any atom is -0.462 e. The zero-order valence-electron chi connectivity index (χ0n) is 45.6. The van der Waals surface area contributed by atoms with Gasteiger partial charge in [0, 0.05) is 19.3 Å². The van der Waals surface area contributed by atoms with Crippen LogP contribution in [0.2, 0.25) is 0 Å². The summed E-state index contributed by atoms with van der Waals surface area (Å²) in [6, 6.07) is 0. The van der Waals surface area contributed by atoms with Crippen molar-refractivity contribution in [3.05, 3.63) is 36.5 Å². The van der Waals surface area contributed by atoms with Crippen LogP contribution in [0.5, 0.6) is 0 Å². The quantitative estimate of drug-likeness (QED) is 0.0262. The molecule has 0 aromatic carbocycles. The maximum Gasteiger partial charge on any atom is 0.306 e.